The summed E-state index contributed by atoms with van der Waals surface area (Å²) in [6.45, 7) is 1.20. The average molecular weight is 386 g/mol. The van der Waals surface area contributed by atoms with Crippen LogP contribution in [0.5, 0.6) is 0 Å². The number of halogens is 1. The maximum atomic E-state index is 12.7. The minimum Gasteiger partial charge on any atom is -0.349 e. The van der Waals surface area contributed by atoms with E-state index in [0.717, 1.165) is 0 Å². The number of likely N-dealkylation sites (N-methyl/N-ethyl adjacent to an activating group) is 1. The lowest BCUT2D eigenvalue weighted by Crippen LogP contribution is -2.31. The molecule has 0 atom stereocenters. The van der Waals surface area contributed by atoms with E-state index in [9.17, 15) is 9.59 Å². The maximum Gasteiger partial charge on any atom is 0.292 e. The van der Waals surface area contributed by atoms with Crippen molar-refractivity contribution in [3.63, 3.8) is 0 Å². The van der Waals surface area contributed by atoms with Gasteiger partial charge >= 0.3 is 0 Å². The predicted octanol–water partition coefficient (Wildman–Crippen LogP) is 2.53. The van der Waals surface area contributed by atoms with Crippen LogP contribution in [-0.2, 0) is 0 Å². The smallest absolute Gasteiger partial charge is 0.292 e. The Hall–Kier alpha value is -2.90. The van der Waals surface area contributed by atoms with Gasteiger partial charge in [-0.3, -0.25) is 14.0 Å². The summed E-state index contributed by atoms with van der Waals surface area (Å²) >= 11 is 5.87. The number of hydrogen-bond donors (Lipinski definition) is 2. The van der Waals surface area contributed by atoms with E-state index in [0.29, 0.717) is 29.3 Å². The maximum absolute atomic E-state index is 12.7. The first-order chi connectivity index (χ1) is 13.0. The molecule has 0 radical (unpaired) electrons. The number of benzene rings is 1. The van der Waals surface area contributed by atoms with Crippen LogP contribution in [0, 0.1) is 0 Å². The summed E-state index contributed by atoms with van der Waals surface area (Å²) in [6.07, 6.45) is 1.70. The second-order valence-corrected chi connectivity index (χ2v) is 6.70. The molecule has 1 aromatic carbocycles. The number of fused-ring (bicyclic) bond motifs is 1. The molecule has 0 saturated carbocycles. The molecule has 2 aromatic heterocycles. The molecule has 0 aliphatic rings. The van der Waals surface area contributed by atoms with Crippen LogP contribution in [-0.4, -0.2) is 53.3 Å². The zero-order valence-corrected chi connectivity index (χ0v) is 15.8. The van der Waals surface area contributed by atoms with Crippen molar-refractivity contribution < 1.29 is 9.59 Å². The van der Waals surface area contributed by atoms with Crippen LogP contribution in [0.1, 0.15) is 21.1 Å². The van der Waals surface area contributed by atoms with E-state index in [1.165, 1.54) is 0 Å². The van der Waals surface area contributed by atoms with Crippen molar-refractivity contribution in [1.29, 1.82) is 0 Å². The number of carbonyl (C=O) groups is 2. The molecule has 140 valence electrons. The number of pyridine rings is 1. The monoisotopic (exact) mass is 385 g/mol. The molecule has 27 heavy (non-hydrogen) atoms. The van der Waals surface area contributed by atoms with Gasteiger partial charge in [0.05, 0.1) is 5.52 Å². The molecule has 0 aliphatic heterocycles. The molecule has 2 N–H and O–H groups in total. The molecule has 8 heteroatoms. The Morgan fingerprint density at radius 1 is 1.11 bits per heavy atom. The number of rotatable bonds is 6. The Labute approximate surface area is 162 Å². The molecule has 0 saturated heterocycles. The number of anilines is 1. The number of hydrogen-bond acceptors (Lipinski definition) is 4. The summed E-state index contributed by atoms with van der Waals surface area (Å²) in [6, 6.07) is 12.1. The van der Waals surface area contributed by atoms with Crippen LogP contribution >= 0.6 is 11.6 Å². The molecule has 2 heterocycles. The van der Waals surface area contributed by atoms with Crippen molar-refractivity contribution in [3.05, 3.63) is 65.2 Å². The van der Waals surface area contributed by atoms with Gasteiger partial charge < -0.3 is 15.5 Å². The Bertz CT molecular complexity index is 966. The number of aromatic nitrogens is 2. The lowest BCUT2D eigenvalue weighted by molar-refractivity contribution is 0.0948. The molecule has 3 rings (SSSR count). The summed E-state index contributed by atoms with van der Waals surface area (Å²) in [7, 11) is 3.86. The van der Waals surface area contributed by atoms with Gasteiger partial charge in [-0.25, -0.2) is 4.98 Å². The normalized spacial score (nSPS) is 11.0. The van der Waals surface area contributed by atoms with Crippen molar-refractivity contribution in [3.8, 4) is 0 Å². The van der Waals surface area contributed by atoms with Crippen LogP contribution in [0.3, 0.4) is 0 Å². The first kappa shape index (κ1) is 18.9. The van der Waals surface area contributed by atoms with E-state index in [1.807, 2.05) is 19.0 Å². The van der Waals surface area contributed by atoms with Crippen molar-refractivity contribution in [1.82, 2.24) is 19.6 Å². The van der Waals surface area contributed by atoms with Crippen molar-refractivity contribution >= 4 is 34.6 Å². The first-order valence-electron chi connectivity index (χ1n) is 8.42. The largest absolute Gasteiger partial charge is 0.349 e. The Balaban J connectivity index is 1.86. The fourth-order valence-electron chi connectivity index (χ4n) is 2.56. The highest BCUT2D eigenvalue weighted by atomic mass is 35.5. The zero-order valence-electron chi connectivity index (χ0n) is 15.1. The fraction of sp³-hybridized carbons (Fsp3) is 0.211. The highest BCUT2D eigenvalue weighted by Gasteiger charge is 2.21. The standard InChI is InChI=1S/C19H20ClN5O2/c1-24(2)12-10-21-18(26)16-15-5-3-4-11-25(15)17(23-16)19(27)22-14-8-6-13(20)7-9-14/h3-9,11H,10,12H2,1-2H3,(H,21,26)(H,22,27). The molecule has 3 aromatic rings. The summed E-state index contributed by atoms with van der Waals surface area (Å²) < 4.78 is 1.60. The molecule has 7 nitrogen and oxygen atoms in total. The number of imidazole rings is 1. The third-order valence-electron chi connectivity index (χ3n) is 3.91. The van der Waals surface area contributed by atoms with Crippen LogP contribution in [0.25, 0.3) is 5.52 Å². The topological polar surface area (TPSA) is 78.7 Å². The Morgan fingerprint density at radius 2 is 1.85 bits per heavy atom. The lowest BCUT2D eigenvalue weighted by Gasteiger charge is -2.09. The molecule has 0 fully saturated rings. The van der Waals surface area contributed by atoms with Crippen LogP contribution in [0.4, 0.5) is 5.69 Å². The summed E-state index contributed by atoms with van der Waals surface area (Å²) in [5, 5.41) is 6.18. The molecule has 2 amide bonds. The van der Waals surface area contributed by atoms with Crippen LogP contribution < -0.4 is 10.6 Å². The minimum atomic E-state index is -0.411. The van der Waals surface area contributed by atoms with Crippen molar-refractivity contribution in [2.45, 2.75) is 0 Å². The van der Waals surface area contributed by atoms with E-state index < -0.39 is 5.91 Å². The van der Waals surface area contributed by atoms with Gasteiger partial charge in [-0.15, -0.1) is 0 Å². The number of nitrogens with zero attached hydrogens (tertiary/aromatic N) is 3. The molecule has 0 bridgehead atoms. The van der Waals surface area contributed by atoms with Crippen LogP contribution in [0.15, 0.2) is 48.7 Å². The van der Waals surface area contributed by atoms with Gasteiger partial charge in [-0.1, -0.05) is 17.7 Å². The van der Waals surface area contributed by atoms with E-state index >= 15 is 0 Å². The second kappa shape index (κ2) is 8.20. The summed E-state index contributed by atoms with van der Waals surface area (Å²) in [5.41, 5.74) is 1.38. The van der Waals surface area contributed by atoms with Crippen molar-refractivity contribution in [2.75, 3.05) is 32.5 Å². The van der Waals surface area contributed by atoms with E-state index in [1.54, 1.807) is 53.1 Å². The van der Waals surface area contributed by atoms with Gasteiger partial charge in [0, 0.05) is 30.0 Å². The SMILES string of the molecule is CN(C)CCNC(=O)c1nc(C(=O)Nc2ccc(Cl)cc2)n2ccccc12. The van der Waals surface area contributed by atoms with Gasteiger partial charge in [0.2, 0.25) is 5.82 Å². The number of nitrogens with one attached hydrogen (secondary N) is 2. The first-order valence-corrected chi connectivity index (χ1v) is 8.80. The summed E-state index contributed by atoms with van der Waals surface area (Å²) in [4.78, 5) is 31.5. The quantitative estimate of drug-likeness (QED) is 0.683. The van der Waals surface area contributed by atoms with E-state index in [4.69, 9.17) is 11.6 Å². The molecule has 0 spiro atoms. The fourth-order valence-corrected chi connectivity index (χ4v) is 2.69. The Kier molecular flexibility index (Phi) is 5.73. The Morgan fingerprint density at radius 3 is 2.56 bits per heavy atom. The van der Waals surface area contributed by atoms with Crippen molar-refractivity contribution in [2.24, 2.45) is 0 Å². The zero-order chi connectivity index (χ0) is 19.4. The third kappa shape index (κ3) is 4.45. The predicted molar refractivity (Wildman–Crippen MR) is 105 cm³/mol. The minimum absolute atomic E-state index is 0.137. The number of carbonyl (C=O) groups excluding carboxylic acids is 2. The number of amides is 2. The van der Waals surface area contributed by atoms with Gasteiger partial charge in [0.15, 0.2) is 5.69 Å². The molecular formula is C19H20ClN5O2. The highest BCUT2D eigenvalue weighted by molar-refractivity contribution is 6.30. The van der Waals surface area contributed by atoms with E-state index in [2.05, 4.69) is 15.6 Å². The van der Waals surface area contributed by atoms with Gasteiger partial charge in [-0.05, 0) is 50.5 Å². The van der Waals surface area contributed by atoms with Gasteiger partial charge in [0.1, 0.15) is 0 Å². The van der Waals surface area contributed by atoms with Gasteiger partial charge in [-0.2, -0.15) is 0 Å². The highest BCUT2D eigenvalue weighted by Crippen LogP contribution is 2.17. The molecule has 0 aliphatic carbocycles. The third-order valence-corrected chi connectivity index (χ3v) is 4.17. The summed E-state index contributed by atoms with van der Waals surface area (Å²) in [5.74, 6) is -0.588. The van der Waals surface area contributed by atoms with E-state index in [-0.39, 0.29) is 17.4 Å². The second-order valence-electron chi connectivity index (χ2n) is 6.26. The lowest BCUT2D eigenvalue weighted by atomic mass is 10.3. The van der Waals surface area contributed by atoms with Gasteiger partial charge in [0.25, 0.3) is 11.8 Å². The molecular weight excluding hydrogens is 366 g/mol. The van der Waals surface area contributed by atoms with Crippen LogP contribution in [0.2, 0.25) is 5.02 Å². The average Bonchev–Trinajstić information content (AvgIpc) is 3.03. The molecule has 0 unspecified atom stereocenters.